The zero-order valence-electron chi connectivity index (χ0n) is 14.8. The van der Waals surface area contributed by atoms with Crippen molar-refractivity contribution < 1.29 is 9.53 Å². The van der Waals surface area contributed by atoms with Crippen molar-refractivity contribution in [3.8, 4) is 5.75 Å². The second kappa shape index (κ2) is 10.4. The quantitative estimate of drug-likeness (QED) is 0.291. The number of benzene rings is 2. The summed E-state index contributed by atoms with van der Waals surface area (Å²) in [6, 6.07) is 12.6. The summed E-state index contributed by atoms with van der Waals surface area (Å²) in [4.78, 5) is 11.9. The van der Waals surface area contributed by atoms with Gasteiger partial charge in [0.1, 0.15) is 12.4 Å². The molecule has 2 aromatic carbocycles. The minimum atomic E-state index is -0.272. The third-order valence-corrected chi connectivity index (χ3v) is 5.93. The molecule has 0 radical (unpaired) electrons. The van der Waals surface area contributed by atoms with Gasteiger partial charge < -0.3 is 10.5 Å². The number of hydrogen-bond acceptors (Lipinski definition) is 8. The van der Waals surface area contributed by atoms with E-state index in [2.05, 4.69) is 20.7 Å². The van der Waals surface area contributed by atoms with Gasteiger partial charge >= 0.3 is 0 Å². The predicted molar refractivity (Wildman–Crippen MR) is 118 cm³/mol. The number of nitrogens with zero attached hydrogens (tertiary/aromatic N) is 3. The predicted octanol–water partition coefficient (Wildman–Crippen LogP) is 4.25. The molecule has 3 N–H and O–H groups in total. The first-order valence-electron chi connectivity index (χ1n) is 8.20. The van der Waals surface area contributed by atoms with Crippen molar-refractivity contribution in [2.45, 2.75) is 10.9 Å². The highest BCUT2D eigenvalue weighted by atomic mass is 35.5. The molecule has 3 rings (SSSR count). The van der Waals surface area contributed by atoms with E-state index in [1.165, 1.54) is 29.3 Å². The Kier molecular flexibility index (Phi) is 7.70. The molecule has 0 aliphatic heterocycles. The zero-order valence-corrected chi connectivity index (χ0v) is 18.0. The Balaban J connectivity index is 1.54. The molecule has 0 saturated carbocycles. The lowest BCUT2D eigenvalue weighted by Gasteiger charge is -2.10. The number of amides is 1. The number of ether oxygens (including phenoxy) is 1. The summed E-state index contributed by atoms with van der Waals surface area (Å²) < 4.78 is 6.47. The maximum absolute atomic E-state index is 11.9. The fourth-order valence-corrected chi connectivity index (χ4v) is 4.02. The molecule has 0 spiro atoms. The molecule has 0 atom stereocenters. The molecule has 7 nitrogen and oxygen atoms in total. The van der Waals surface area contributed by atoms with Gasteiger partial charge in [0.15, 0.2) is 4.34 Å². The van der Waals surface area contributed by atoms with Gasteiger partial charge in [0.05, 0.1) is 12.0 Å². The number of nitrogens with one attached hydrogen (secondary N) is 1. The summed E-state index contributed by atoms with van der Waals surface area (Å²) in [6.45, 7) is 0.273. The first kappa shape index (κ1) is 21.4. The van der Waals surface area contributed by atoms with Gasteiger partial charge in [0, 0.05) is 21.2 Å². The third kappa shape index (κ3) is 6.60. The number of thioether (sulfide) groups is 1. The van der Waals surface area contributed by atoms with Crippen molar-refractivity contribution >= 4 is 63.6 Å². The molecule has 3 aromatic rings. The molecule has 0 bridgehead atoms. The minimum absolute atomic E-state index is 0.152. The molecule has 1 amide bonds. The molecule has 11 heteroatoms. The van der Waals surface area contributed by atoms with Crippen molar-refractivity contribution in [2.75, 3.05) is 11.5 Å². The van der Waals surface area contributed by atoms with Crippen molar-refractivity contribution in [1.82, 2.24) is 15.6 Å². The number of anilines is 1. The van der Waals surface area contributed by atoms with E-state index >= 15 is 0 Å². The van der Waals surface area contributed by atoms with Crippen LogP contribution in [0, 0.1) is 0 Å². The number of carbonyl (C=O) groups is 1. The Morgan fingerprint density at radius 1 is 1.28 bits per heavy atom. The van der Waals surface area contributed by atoms with Crippen LogP contribution < -0.4 is 15.9 Å². The Morgan fingerprint density at radius 3 is 2.86 bits per heavy atom. The Morgan fingerprint density at radius 2 is 2.10 bits per heavy atom. The average Bonchev–Trinajstić information content (AvgIpc) is 3.12. The van der Waals surface area contributed by atoms with E-state index in [1.807, 2.05) is 30.3 Å². The van der Waals surface area contributed by atoms with Crippen LogP contribution in [0.5, 0.6) is 5.75 Å². The highest BCUT2D eigenvalue weighted by Crippen LogP contribution is 2.24. The van der Waals surface area contributed by atoms with Crippen LogP contribution in [-0.2, 0) is 11.4 Å². The first-order valence-corrected chi connectivity index (χ1v) is 10.8. The van der Waals surface area contributed by atoms with E-state index in [4.69, 9.17) is 33.7 Å². The van der Waals surface area contributed by atoms with Crippen molar-refractivity contribution in [3.63, 3.8) is 0 Å². The fourth-order valence-electron chi connectivity index (χ4n) is 2.12. The van der Waals surface area contributed by atoms with Crippen LogP contribution in [-0.4, -0.2) is 28.1 Å². The summed E-state index contributed by atoms with van der Waals surface area (Å²) in [5.74, 6) is 0.487. The van der Waals surface area contributed by atoms with Gasteiger partial charge in [-0.25, -0.2) is 5.43 Å². The van der Waals surface area contributed by atoms with Gasteiger partial charge in [-0.05, 0) is 24.3 Å². The molecular weight excluding hydrogens is 453 g/mol. The lowest BCUT2D eigenvalue weighted by atomic mass is 10.2. The summed E-state index contributed by atoms with van der Waals surface area (Å²) in [5.41, 5.74) is 9.49. The number of nitrogen functional groups attached to an aromatic ring is 1. The number of halogens is 2. The monoisotopic (exact) mass is 467 g/mol. The number of hydrazone groups is 1. The molecule has 0 saturated heterocycles. The van der Waals surface area contributed by atoms with Gasteiger partial charge in [-0.3, -0.25) is 4.79 Å². The lowest BCUT2D eigenvalue weighted by Crippen LogP contribution is -2.19. The summed E-state index contributed by atoms with van der Waals surface area (Å²) in [7, 11) is 0. The lowest BCUT2D eigenvalue weighted by molar-refractivity contribution is -0.118. The molecule has 29 heavy (non-hydrogen) atoms. The smallest absolute Gasteiger partial charge is 0.250 e. The van der Waals surface area contributed by atoms with Crippen LogP contribution in [0.1, 0.15) is 11.1 Å². The molecular formula is C18H15Cl2N5O2S2. The van der Waals surface area contributed by atoms with Crippen LogP contribution in [0.4, 0.5) is 5.13 Å². The Bertz CT molecular complexity index is 1030. The fraction of sp³-hybridized carbons (Fsp3) is 0.111. The number of hydrogen-bond donors (Lipinski definition) is 2. The van der Waals surface area contributed by atoms with Crippen LogP contribution in [0.2, 0.25) is 10.0 Å². The SMILES string of the molecule is Nc1nnc(SCC(=O)NN=Cc2ccccc2OCc2ccc(Cl)cc2Cl)s1. The molecule has 1 aromatic heterocycles. The average molecular weight is 468 g/mol. The topological polar surface area (TPSA) is 102 Å². The van der Waals surface area contributed by atoms with E-state index in [1.54, 1.807) is 12.1 Å². The normalized spacial score (nSPS) is 11.0. The minimum Gasteiger partial charge on any atom is -0.488 e. The van der Waals surface area contributed by atoms with E-state index in [9.17, 15) is 4.79 Å². The highest BCUT2D eigenvalue weighted by molar-refractivity contribution is 8.01. The van der Waals surface area contributed by atoms with Gasteiger partial charge in [0.25, 0.3) is 5.91 Å². The highest BCUT2D eigenvalue weighted by Gasteiger charge is 2.07. The molecule has 0 aliphatic rings. The molecule has 1 heterocycles. The molecule has 0 fully saturated rings. The van der Waals surface area contributed by atoms with Crippen molar-refractivity contribution in [3.05, 3.63) is 63.6 Å². The van der Waals surface area contributed by atoms with E-state index in [-0.39, 0.29) is 18.3 Å². The van der Waals surface area contributed by atoms with Crippen molar-refractivity contribution in [2.24, 2.45) is 5.10 Å². The van der Waals surface area contributed by atoms with E-state index < -0.39 is 0 Å². The van der Waals surface area contributed by atoms with Gasteiger partial charge in [-0.1, -0.05) is 64.5 Å². The van der Waals surface area contributed by atoms with E-state index in [0.29, 0.717) is 30.8 Å². The number of para-hydroxylation sites is 1. The number of aromatic nitrogens is 2. The van der Waals surface area contributed by atoms with Gasteiger partial charge in [-0.2, -0.15) is 5.10 Å². The van der Waals surface area contributed by atoms with E-state index in [0.717, 1.165) is 5.56 Å². The maximum Gasteiger partial charge on any atom is 0.250 e. The molecule has 150 valence electrons. The number of nitrogens with two attached hydrogens (primary N) is 1. The summed E-state index contributed by atoms with van der Waals surface area (Å²) in [5, 5.41) is 13.0. The zero-order chi connectivity index (χ0) is 20.6. The second-order valence-electron chi connectivity index (χ2n) is 5.55. The van der Waals surface area contributed by atoms with Crippen LogP contribution in [0.3, 0.4) is 0 Å². The summed E-state index contributed by atoms with van der Waals surface area (Å²) in [6.07, 6.45) is 1.52. The first-order chi connectivity index (χ1) is 14.0. The molecule has 0 aliphatic carbocycles. The standard InChI is InChI=1S/C18H15Cl2N5O2S2/c19-13-6-5-12(14(20)7-13)9-27-15-4-2-1-3-11(15)8-22-23-16(26)10-28-18-25-24-17(21)29-18/h1-8H,9-10H2,(H2,21,24)(H,23,26). The largest absolute Gasteiger partial charge is 0.488 e. The van der Waals surface area contributed by atoms with Crippen molar-refractivity contribution in [1.29, 1.82) is 0 Å². The Hall–Kier alpha value is -2.33. The van der Waals surface area contributed by atoms with Crippen LogP contribution in [0.25, 0.3) is 0 Å². The number of carbonyl (C=O) groups excluding carboxylic acids is 1. The Labute approximate surface area is 185 Å². The summed E-state index contributed by atoms with van der Waals surface area (Å²) >= 11 is 14.5. The molecule has 0 unspecified atom stereocenters. The van der Waals surface area contributed by atoms with Gasteiger partial charge in [-0.15, -0.1) is 10.2 Å². The van der Waals surface area contributed by atoms with Crippen LogP contribution in [0.15, 0.2) is 51.9 Å². The maximum atomic E-state index is 11.9. The third-order valence-electron chi connectivity index (χ3n) is 3.46. The second-order valence-corrected chi connectivity index (χ2v) is 8.63. The number of rotatable bonds is 8. The van der Waals surface area contributed by atoms with Gasteiger partial charge in [0.2, 0.25) is 5.13 Å². The van der Waals surface area contributed by atoms with Crippen LogP contribution >= 0.6 is 46.3 Å².